The van der Waals surface area contributed by atoms with Gasteiger partial charge in [-0.3, -0.25) is 14.9 Å². The molecule has 0 aliphatic carbocycles. The van der Waals surface area contributed by atoms with Gasteiger partial charge in [-0.2, -0.15) is 0 Å². The molecule has 0 aliphatic rings. The van der Waals surface area contributed by atoms with Gasteiger partial charge < -0.3 is 11.1 Å². The number of nitrogens with one attached hydrogen (secondary N) is 1. The summed E-state index contributed by atoms with van der Waals surface area (Å²) in [4.78, 5) is 21.3. The molecule has 0 bridgehead atoms. The van der Waals surface area contributed by atoms with Gasteiger partial charge in [-0.1, -0.05) is 0 Å². The number of hydrogen-bond donors (Lipinski definition) is 2. The lowest BCUT2D eigenvalue weighted by Crippen LogP contribution is -2.12. The highest BCUT2D eigenvalue weighted by Crippen LogP contribution is 2.25. The Labute approximate surface area is 104 Å². The molecule has 1 aromatic rings. The molecular weight excluding hydrogens is 234 g/mol. The molecule has 0 saturated carbocycles. The lowest BCUT2D eigenvalue weighted by atomic mass is 10.1. The van der Waals surface area contributed by atoms with Crippen LogP contribution in [-0.4, -0.2) is 17.4 Å². The van der Waals surface area contributed by atoms with Crippen LogP contribution in [0.25, 0.3) is 0 Å². The van der Waals surface area contributed by atoms with Crippen molar-refractivity contribution in [2.45, 2.75) is 12.8 Å². The molecule has 1 aromatic carbocycles. The molecule has 0 unspecified atom stereocenters. The minimum Gasteiger partial charge on any atom is -0.379 e. The Morgan fingerprint density at radius 2 is 2.28 bits per heavy atom. The van der Waals surface area contributed by atoms with Gasteiger partial charge in [0, 0.05) is 24.6 Å². The van der Waals surface area contributed by atoms with Gasteiger partial charge in [0.15, 0.2) is 0 Å². The largest absolute Gasteiger partial charge is 0.379 e. The third-order valence-corrected chi connectivity index (χ3v) is 2.29. The van der Waals surface area contributed by atoms with Crippen LogP contribution in [-0.2, 0) is 0 Å². The Bertz CT molecular complexity index is 506. The normalized spacial score (nSPS) is 9.50. The van der Waals surface area contributed by atoms with Gasteiger partial charge >= 0.3 is 0 Å². The van der Waals surface area contributed by atoms with Crippen molar-refractivity contribution in [1.29, 1.82) is 0 Å². The average molecular weight is 247 g/mol. The van der Waals surface area contributed by atoms with Crippen molar-refractivity contribution in [3.8, 4) is 12.3 Å². The number of carbonyl (C=O) groups is 1. The van der Waals surface area contributed by atoms with Gasteiger partial charge in [-0.25, -0.2) is 0 Å². The Hall–Kier alpha value is -2.55. The van der Waals surface area contributed by atoms with Gasteiger partial charge in [0.1, 0.15) is 5.69 Å². The number of primary amides is 1. The van der Waals surface area contributed by atoms with Crippen molar-refractivity contribution in [1.82, 2.24) is 0 Å². The molecular formula is C12H13N3O3. The second kappa shape index (κ2) is 6.25. The summed E-state index contributed by atoms with van der Waals surface area (Å²) in [6.07, 6.45) is 6.37. The van der Waals surface area contributed by atoms with Gasteiger partial charge in [0.05, 0.1) is 4.92 Å². The van der Waals surface area contributed by atoms with Crippen LogP contribution in [0.2, 0.25) is 0 Å². The van der Waals surface area contributed by atoms with Crippen LogP contribution in [0, 0.1) is 22.5 Å². The van der Waals surface area contributed by atoms with Crippen molar-refractivity contribution in [3.05, 3.63) is 33.9 Å². The SMILES string of the molecule is C#CCCCNc1cc(C(N)=O)ccc1[N+](=O)[O-]. The lowest BCUT2D eigenvalue weighted by molar-refractivity contribution is -0.384. The molecule has 6 nitrogen and oxygen atoms in total. The van der Waals surface area contributed by atoms with Gasteiger partial charge in [-0.05, 0) is 18.6 Å². The molecule has 3 N–H and O–H groups in total. The fourth-order valence-electron chi connectivity index (χ4n) is 1.40. The quantitative estimate of drug-likeness (QED) is 0.344. The van der Waals surface area contributed by atoms with Crippen molar-refractivity contribution < 1.29 is 9.72 Å². The number of amides is 1. The molecule has 0 atom stereocenters. The zero-order chi connectivity index (χ0) is 13.5. The predicted octanol–water partition coefficient (Wildman–Crippen LogP) is 1.52. The monoisotopic (exact) mass is 247 g/mol. The minimum absolute atomic E-state index is 0.0966. The Morgan fingerprint density at radius 1 is 1.56 bits per heavy atom. The van der Waals surface area contributed by atoms with Crippen molar-refractivity contribution in [2.24, 2.45) is 5.73 Å². The highest BCUT2D eigenvalue weighted by molar-refractivity contribution is 5.94. The Balaban J connectivity index is 2.90. The fraction of sp³-hybridized carbons (Fsp3) is 0.250. The summed E-state index contributed by atoms with van der Waals surface area (Å²) in [5.41, 5.74) is 5.52. The number of nitro groups is 1. The average Bonchev–Trinajstić information content (AvgIpc) is 2.34. The van der Waals surface area contributed by atoms with Crippen LogP contribution in [0.15, 0.2) is 18.2 Å². The summed E-state index contributed by atoms with van der Waals surface area (Å²) in [6, 6.07) is 3.95. The summed E-state index contributed by atoms with van der Waals surface area (Å²) >= 11 is 0. The molecule has 0 radical (unpaired) electrons. The number of benzene rings is 1. The van der Waals surface area contributed by atoms with Crippen molar-refractivity contribution in [2.75, 3.05) is 11.9 Å². The molecule has 1 rings (SSSR count). The number of terminal acetylenes is 1. The number of unbranched alkanes of at least 4 members (excludes halogenated alkanes) is 1. The summed E-state index contributed by atoms with van der Waals surface area (Å²) in [5.74, 6) is 1.84. The van der Waals surface area contributed by atoms with Crippen molar-refractivity contribution in [3.63, 3.8) is 0 Å². The maximum atomic E-state index is 11.0. The van der Waals surface area contributed by atoms with Crippen LogP contribution < -0.4 is 11.1 Å². The first-order valence-corrected chi connectivity index (χ1v) is 5.32. The van der Waals surface area contributed by atoms with E-state index in [1.807, 2.05) is 0 Å². The van der Waals surface area contributed by atoms with Crippen molar-refractivity contribution >= 4 is 17.3 Å². The maximum absolute atomic E-state index is 11.0. The number of rotatable bonds is 6. The highest BCUT2D eigenvalue weighted by Gasteiger charge is 2.15. The molecule has 6 heteroatoms. The van der Waals surface area contributed by atoms with Crippen LogP contribution in [0.1, 0.15) is 23.2 Å². The summed E-state index contributed by atoms with van der Waals surface area (Å²) in [5, 5.41) is 13.7. The highest BCUT2D eigenvalue weighted by atomic mass is 16.6. The molecule has 0 aliphatic heterocycles. The third kappa shape index (κ3) is 3.49. The van der Waals surface area contributed by atoms with E-state index in [0.29, 0.717) is 19.4 Å². The maximum Gasteiger partial charge on any atom is 0.292 e. The molecule has 18 heavy (non-hydrogen) atoms. The van der Waals surface area contributed by atoms with E-state index in [0.717, 1.165) is 0 Å². The van der Waals surface area contributed by atoms with E-state index in [4.69, 9.17) is 12.2 Å². The molecule has 0 fully saturated rings. The van der Waals surface area contributed by atoms with Gasteiger partial charge in [0.25, 0.3) is 5.69 Å². The number of nitro benzene ring substituents is 1. The van der Waals surface area contributed by atoms with E-state index in [9.17, 15) is 14.9 Å². The van der Waals surface area contributed by atoms with E-state index in [1.54, 1.807) is 0 Å². The standard InChI is InChI=1S/C12H13N3O3/c1-2-3-4-7-14-10-8-9(12(13)16)5-6-11(10)15(17)18/h1,5-6,8,14H,3-4,7H2,(H2,13,16). The predicted molar refractivity (Wildman–Crippen MR) is 68.2 cm³/mol. The van der Waals surface area contributed by atoms with E-state index in [-0.39, 0.29) is 16.9 Å². The van der Waals surface area contributed by atoms with E-state index < -0.39 is 10.8 Å². The Kier molecular flexibility index (Phi) is 4.69. The third-order valence-electron chi connectivity index (χ3n) is 2.29. The topological polar surface area (TPSA) is 98.3 Å². The number of nitrogens with zero attached hydrogens (tertiary/aromatic N) is 1. The van der Waals surface area contributed by atoms with Gasteiger partial charge in [-0.15, -0.1) is 12.3 Å². The van der Waals surface area contributed by atoms with Crippen LogP contribution in [0.3, 0.4) is 0 Å². The second-order valence-corrected chi connectivity index (χ2v) is 3.59. The van der Waals surface area contributed by atoms with E-state index in [2.05, 4.69) is 11.2 Å². The number of anilines is 1. The van der Waals surface area contributed by atoms with Crippen LogP contribution in [0.5, 0.6) is 0 Å². The van der Waals surface area contributed by atoms with E-state index >= 15 is 0 Å². The van der Waals surface area contributed by atoms with Crippen LogP contribution >= 0.6 is 0 Å². The molecule has 1 amide bonds. The van der Waals surface area contributed by atoms with E-state index in [1.165, 1.54) is 18.2 Å². The molecule has 0 heterocycles. The zero-order valence-corrected chi connectivity index (χ0v) is 9.68. The van der Waals surface area contributed by atoms with Crippen LogP contribution in [0.4, 0.5) is 11.4 Å². The summed E-state index contributed by atoms with van der Waals surface area (Å²) in [7, 11) is 0. The molecule has 0 spiro atoms. The second-order valence-electron chi connectivity index (χ2n) is 3.59. The molecule has 94 valence electrons. The lowest BCUT2D eigenvalue weighted by Gasteiger charge is -2.07. The number of carbonyl (C=O) groups excluding carboxylic acids is 1. The minimum atomic E-state index is -0.628. The number of hydrogen-bond acceptors (Lipinski definition) is 4. The first kappa shape index (κ1) is 13.5. The zero-order valence-electron chi connectivity index (χ0n) is 9.68. The van der Waals surface area contributed by atoms with Gasteiger partial charge in [0.2, 0.25) is 5.91 Å². The first-order chi connectivity index (χ1) is 8.56. The first-order valence-electron chi connectivity index (χ1n) is 5.32. The Morgan fingerprint density at radius 3 is 2.83 bits per heavy atom. The molecule has 0 saturated heterocycles. The summed E-state index contributed by atoms with van der Waals surface area (Å²) in [6.45, 7) is 0.493. The fourth-order valence-corrected chi connectivity index (χ4v) is 1.40. The number of nitrogens with two attached hydrogens (primary N) is 1. The smallest absolute Gasteiger partial charge is 0.292 e. The molecule has 0 aromatic heterocycles. The summed E-state index contributed by atoms with van der Waals surface area (Å²) < 4.78 is 0.